The zero-order valence-corrected chi connectivity index (χ0v) is 15.8. The van der Waals surface area contributed by atoms with E-state index in [1.807, 2.05) is 46.5 Å². The van der Waals surface area contributed by atoms with Gasteiger partial charge in [-0.05, 0) is 18.6 Å². The van der Waals surface area contributed by atoms with Crippen LogP contribution in [0.2, 0.25) is 0 Å². The molecule has 5 rings (SSSR count). The molecule has 8 heteroatoms. The standard InChI is InChI=1S/C20H18N4O3S/c25-19(18-14(5-8-26-18)10-24-7-6-21-12-24)23-20-22-15(11-28-20)17-9-13-3-1-2-4-16(13)27-17/h1-4,6-7,9,11-12,14,18H,5,8,10H2,(H,22,23,25)/t14-,18-/m1/s1. The molecule has 7 nitrogen and oxygen atoms in total. The van der Waals surface area contributed by atoms with Crippen molar-refractivity contribution < 1.29 is 13.9 Å². The number of nitrogens with one attached hydrogen (secondary N) is 1. The first-order chi connectivity index (χ1) is 13.8. The number of fused-ring (bicyclic) bond motifs is 1. The largest absolute Gasteiger partial charge is 0.454 e. The van der Waals surface area contributed by atoms with Gasteiger partial charge in [0.2, 0.25) is 0 Å². The smallest absolute Gasteiger partial charge is 0.255 e. The number of furan rings is 1. The zero-order chi connectivity index (χ0) is 18.9. The van der Waals surface area contributed by atoms with Gasteiger partial charge in [-0.3, -0.25) is 10.1 Å². The molecule has 28 heavy (non-hydrogen) atoms. The Morgan fingerprint density at radius 1 is 1.36 bits per heavy atom. The van der Waals surface area contributed by atoms with E-state index in [0.717, 1.165) is 17.4 Å². The summed E-state index contributed by atoms with van der Waals surface area (Å²) in [5.74, 6) is 0.644. The number of thiazole rings is 1. The second-order valence-corrected chi connectivity index (χ2v) is 7.63. The van der Waals surface area contributed by atoms with Crippen LogP contribution in [0.1, 0.15) is 6.42 Å². The van der Waals surface area contributed by atoms with Crippen molar-refractivity contribution in [3.63, 3.8) is 0 Å². The molecule has 0 bridgehead atoms. The quantitative estimate of drug-likeness (QED) is 0.557. The van der Waals surface area contributed by atoms with Gasteiger partial charge in [0.1, 0.15) is 17.4 Å². The van der Waals surface area contributed by atoms with E-state index in [4.69, 9.17) is 9.15 Å². The topological polar surface area (TPSA) is 82.2 Å². The average Bonchev–Trinajstić information content (AvgIpc) is 3.48. The Morgan fingerprint density at radius 3 is 3.14 bits per heavy atom. The Bertz CT molecular complexity index is 1070. The van der Waals surface area contributed by atoms with Crippen LogP contribution in [-0.4, -0.2) is 33.2 Å². The van der Waals surface area contributed by atoms with Gasteiger partial charge in [-0.25, -0.2) is 9.97 Å². The molecule has 1 amide bonds. The molecule has 0 aliphatic carbocycles. The van der Waals surface area contributed by atoms with Crippen LogP contribution < -0.4 is 5.32 Å². The monoisotopic (exact) mass is 394 g/mol. The fraction of sp³-hybridized carbons (Fsp3) is 0.250. The van der Waals surface area contributed by atoms with Crippen molar-refractivity contribution in [2.75, 3.05) is 11.9 Å². The minimum Gasteiger partial charge on any atom is -0.454 e. The molecule has 0 radical (unpaired) electrons. The van der Waals surface area contributed by atoms with E-state index in [2.05, 4.69) is 15.3 Å². The summed E-state index contributed by atoms with van der Waals surface area (Å²) in [6.45, 7) is 1.29. The van der Waals surface area contributed by atoms with Crippen molar-refractivity contribution >= 4 is 33.3 Å². The molecule has 1 aliphatic rings. The van der Waals surface area contributed by atoms with Crippen LogP contribution >= 0.6 is 11.3 Å². The van der Waals surface area contributed by atoms with Gasteiger partial charge in [-0.2, -0.15) is 0 Å². The maximum Gasteiger partial charge on any atom is 0.255 e. The van der Waals surface area contributed by atoms with E-state index < -0.39 is 6.10 Å². The average molecular weight is 394 g/mol. The Labute approximate surface area is 165 Å². The molecule has 3 aromatic heterocycles. The molecule has 1 saturated heterocycles. The van der Waals surface area contributed by atoms with Gasteiger partial charge in [-0.1, -0.05) is 18.2 Å². The number of carbonyl (C=O) groups is 1. The highest BCUT2D eigenvalue weighted by Crippen LogP contribution is 2.31. The molecule has 1 aromatic carbocycles. The molecule has 0 spiro atoms. The first-order valence-corrected chi connectivity index (χ1v) is 9.97. The molecule has 1 N–H and O–H groups in total. The second kappa shape index (κ2) is 7.21. The summed E-state index contributed by atoms with van der Waals surface area (Å²) in [7, 11) is 0. The van der Waals surface area contributed by atoms with Crippen LogP contribution in [0, 0.1) is 5.92 Å². The number of carbonyl (C=O) groups excluding carboxylic acids is 1. The highest BCUT2D eigenvalue weighted by atomic mass is 32.1. The van der Waals surface area contributed by atoms with Crippen molar-refractivity contribution in [1.29, 1.82) is 0 Å². The number of ether oxygens (including phenoxy) is 1. The predicted octanol–water partition coefficient (Wildman–Crippen LogP) is 3.80. The number of para-hydroxylation sites is 1. The van der Waals surface area contributed by atoms with E-state index in [0.29, 0.717) is 29.7 Å². The summed E-state index contributed by atoms with van der Waals surface area (Å²) >= 11 is 1.37. The van der Waals surface area contributed by atoms with Crippen LogP contribution in [0.3, 0.4) is 0 Å². The normalized spacial score (nSPS) is 19.3. The summed E-state index contributed by atoms with van der Waals surface area (Å²) in [6, 6.07) is 9.78. The highest BCUT2D eigenvalue weighted by molar-refractivity contribution is 7.14. The van der Waals surface area contributed by atoms with Gasteiger partial charge in [-0.15, -0.1) is 11.3 Å². The number of amides is 1. The third-order valence-electron chi connectivity index (χ3n) is 4.89. The molecule has 4 aromatic rings. The van der Waals surface area contributed by atoms with Crippen LogP contribution in [0.5, 0.6) is 0 Å². The third-order valence-corrected chi connectivity index (χ3v) is 5.65. The molecule has 1 fully saturated rings. The lowest BCUT2D eigenvalue weighted by molar-refractivity contribution is -0.126. The summed E-state index contributed by atoms with van der Waals surface area (Å²) < 4.78 is 13.5. The van der Waals surface area contributed by atoms with Gasteiger partial charge in [0.05, 0.1) is 6.33 Å². The van der Waals surface area contributed by atoms with E-state index in [1.54, 1.807) is 12.5 Å². The fourth-order valence-corrected chi connectivity index (χ4v) is 4.21. The molecular formula is C20H18N4O3S. The van der Waals surface area contributed by atoms with Gasteiger partial charge in [0.25, 0.3) is 5.91 Å². The van der Waals surface area contributed by atoms with E-state index >= 15 is 0 Å². The van der Waals surface area contributed by atoms with E-state index in [-0.39, 0.29) is 11.8 Å². The van der Waals surface area contributed by atoms with Gasteiger partial charge >= 0.3 is 0 Å². The first kappa shape index (κ1) is 17.2. The molecular weight excluding hydrogens is 376 g/mol. The molecule has 2 atom stereocenters. The molecule has 142 valence electrons. The number of hydrogen-bond donors (Lipinski definition) is 1. The van der Waals surface area contributed by atoms with Gasteiger partial charge < -0.3 is 13.7 Å². The van der Waals surface area contributed by atoms with Gasteiger partial charge in [0.15, 0.2) is 10.9 Å². The zero-order valence-electron chi connectivity index (χ0n) is 14.9. The lowest BCUT2D eigenvalue weighted by Gasteiger charge is -2.17. The molecule has 4 heterocycles. The van der Waals surface area contributed by atoms with Crippen LogP contribution in [0.15, 0.2) is 58.9 Å². The third kappa shape index (κ3) is 3.32. The lowest BCUT2D eigenvalue weighted by atomic mass is 10.0. The number of hydrogen-bond acceptors (Lipinski definition) is 6. The van der Waals surface area contributed by atoms with E-state index in [9.17, 15) is 4.79 Å². The van der Waals surface area contributed by atoms with Crippen molar-refractivity contribution in [3.8, 4) is 11.5 Å². The minimum atomic E-state index is -0.485. The summed E-state index contributed by atoms with van der Waals surface area (Å²) in [6.07, 6.45) is 5.75. The minimum absolute atomic E-state index is 0.115. The van der Waals surface area contributed by atoms with Crippen molar-refractivity contribution in [2.24, 2.45) is 5.92 Å². The maximum absolute atomic E-state index is 12.7. The summed E-state index contributed by atoms with van der Waals surface area (Å²) in [5, 5.41) is 6.34. The number of imidazole rings is 1. The number of benzene rings is 1. The Hall–Kier alpha value is -2.97. The van der Waals surface area contributed by atoms with Crippen LogP contribution in [-0.2, 0) is 16.1 Å². The van der Waals surface area contributed by atoms with Crippen molar-refractivity contribution in [3.05, 3.63) is 54.4 Å². The van der Waals surface area contributed by atoms with Crippen LogP contribution in [0.25, 0.3) is 22.4 Å². The Kier molecular flexibility index (Phi) is 4.42. The van der Waals surface area contributed by atoms with Gasteiger partial charge in [0, 0.05) is 42.2 Å². The number of anilines is 1. The molecule has 1 aliphatic heterocycles. The number of aromatic nitrogens is 3. The summed E-state index contributed by atoms with van der Waals surface area (Å²) in [4.78, 5) is 21.3. The predicted molar refractivity (Wildman–Crippen MR) is 106 cm³/mol. The number of nitrogens with zero attached hydrogens (tertiary/aromatic N) is 3. The molecule has 0 saturated carbocycles. The number of rotatable bonds is 5. The SMILES string of the molecule is O=C(Nc1nc(-c2cc3ccccc3o2)cs1)[C@@H]1OCC[C@@H]1Cn1ccnc1. The Morgan fingerprint density at radius 2 is 2.29 bits per heavy atom. The van der Waals surface area contributed by atoms with Crippen molar-refractivity contribution in [1.82, 2.24) is 14.5 Å². The van der Waals surface area contributed by atoms with Crippen LogP contribution in [0.4, 0.5) is 5.13 Å². The molecule has 0 unspecified atom stereocenters. The maximum atomic E-state index is 12.7. The van der Waals surface area contributed by atoms with Crippen molar-refractivity contribution in [2.45, 2.75) is 19.1 Å². The Balaban J connectivity index is 1.29. The fourth-order valence-electron chi connectivity index (χ4n) is 3.51. The lowest BCUT2D eigenvalue weighted by Crippen LogP contribution is -2.34. The first-order valence-electron chi connectivity index (χ1n) is 9.09. The second-order valence-electron chi connectivity index (χ2n) is 6.78. The summed E-state index contributed by atoms with van der Waals surface area (Å²) in [5.41, 5.74) is 1.52. The van der Waals surface area contributed by atoms with E-state index in [1.165, 1.54) is 11.3 Å². The highest BCUT2D eigenvalue weighted by Gasteiger charge is 2.34.